The number of hydrogen-bond donors (Lipinski definition) is 0. The predicted octanol–water partition coefficient (Wildman–Crippen LogP) is 3.85. The monoisotopic (exact) mass is 418 g/mol. The van der Waals surface area contributed by atoms with Crippen LogP contribution in [0.5, 0.6) is 0 Å². The van der Waals surface area contributed by atoms with E-state index >= 15 is 0 Å². The van der Waals surface area contributed by atoms with Crippen molar-refractivity contribution in [3.63, 3.8) is 0 Å². The van der Waals surface area contributed by atoms with Gasteiger partial charge in [0.15, 0.2) is 0 Å². The van der Waals surface area contributed by atoms with Gasteiger partial charge in [-0.05, 0) is 43.0 Å². The van der Waals surface area contributed by atoms with E-state index in [1.165, 1.54) is 11.1 Å². The highest BCUT2D eigenvalue weighted by Gasteiger charge is 2.27. The van der Waals surface area contributed by atoms with Gasteiger partial charge in [0.25, 0.3) is 0 Å². The molecule has 29 heavy (non-hydrogen) atoms. The SMILES string of the molecule is CCOC(=O)COCCN1CCN(C(C2=CCCC=C2)c2ccc(Cl)cc2)CC1. The van der Waals surface area contributed by atoms with Gasteiger partial charge in [0.05, 0.1) is 19.3 Å². The van der Waals surface area contributed by atoms with Crippen molar-refractivity contribution in [3.8, 4) is 0 Å². The van der Waals surface area contributed by atoms with Crippen molar-refractivity contribution in [3.05, 3.63) is 58.7 Å². The van der Waals surface area contributed by atoms with E-state index in [1.807, 2.05) is 12.1 Å². The molecular formula is C23H31ClN2O3. The minimum Gasteiger partial charge on any atom is -0.464 e. The van der Waals surface area contributed by atoms with Crippen LogP contribution in [0.1, 0.15) is 31.4 Å². The van der Waals surface area contributed by atoms with E-state index < -0.39 is 0 Å². The first-order chi connectivity index (χ1) is 14.2. The molecule has 158 valence electrons. The fraction of sp³-hybridized carbons (Fsp3) is 0.522. The van der Waals surface area contributed by atoms with Crippen LogP contribution >= 0.6 is 11.6 Å². The molecule has 0 radical (unpaired) electrons. The Morgan fingerprint density at radius 1 is 1.14 bits per heavy atom. The summed E-state index contributed by atoms with van der Waals surface area (Å²) in [7, 11) is 0. The number of carbonyl (C=O) groups excluding carboxylic acids is 1. The molecule has 1 aromatic rings. The first kappa shape index (κ1) is 22.0. The highest BCUT2D eigenvalue weighted by Crippen LogP contribution is 2.33. The summed E-state index contributed by atoms with van der Waals surface area (Å²) >= 11 is 6.11. The number of piperazine rings is 1. The smallest absolute Gasteiger partial charge is 0.332 e. The number of allylic oxidation sites excluding steroid dienone is 2. The van der Waals surface area contributed by atoms with Gasteiger partial charge in [0.2, 0.25) is 0 Å². The average Bonchev–Trinajstić information content (AvgIpc) is 2.75. The zero-order valence-corrected chi connectivity index (χ0v) is 17.9. The quantitative estimate of drug-likeness (QED) is 0.450. The van der Waals surface area contributed by atoms with Crippen molar-refractivity contribution in [1.82, 2.24) is 9.80 Å². The van der Waals surface area contributed by atoms with Crippen LogP contribution in [0.2, 0.25) is 5.02 Å². The van der Waals surface area contributed by atoms with E-state index in [0.29, 0.717) is 13.2 Å². The molecule has 1 atom stereocenters. The summed E-state index contributed by atoms with van der Waals surface area (Å²) in [4.78, 5) is 16.3. The van der Waals surface area contributed by atoms with Gasteiger partial charge in [-0.3, -0.25) is 9.80 Å². The summed E-state index contributed by atoms with van der Waals surface area (Å²) in [6.45, 7) is 7.58. The highest BCUT2D eigenvalue weighted by atomic mass is 35.5. The van der Waals surface area contributed by atoms with E-state index in [4.69, 9.17) is 21.1 Å². The molecular weight excluding hydrogens is 388 g/mol. The fourth-order valence-electron chi connectivity index (χ4n) is 3.89. The zero-order chi connectivity index (χ0) is 20.5. The van der Waals surface area contributed by atoms with Crippen molar-refractivity contribution in [1.29, 1.82) is 0 Å². The normalized spacial score (nSPS) is 19.0. The van der Waals surface area contributed by atoms with Crippen LogP contribution in [-0.4, -0.2) is 68.3 Å². The Labute approximate surface area is 178 Å². The number of esters is 1. The summed E-state index contributed by atoms with van der Waals surface area (Å²) in [6, 6.07) is 8.52. The van der Waals surface area contributed by atoms with E-state index in [0.717, 1.165) is 50.6 Å². The molecule has 0 spiro atoms. The third-order valence-corrected chi connectivity index (χ3v) is 5.63. The maximum absolute atomic E-state index is 11.3. The Morgan fingerprint density at radius 2 is 1.90 bits per heavy atom. The lowest BCUT2D eigenvalue weighted by Gasteiger charge is -2.40. The molecule has 0 amide bonds. The van der Waals surface area contributed by atoms with E-state index in [9.17, 15) is 4.79 Å². The van der Waals surface area contributed by atoms with Crippen LogP contribution in [0.25, 0.3) is 0 Å². The number of ether oxygens (including phenoxy) is 2. The number of rotatable bonds is 9. The number of halogens is 1. The number of benzene rings is 1. The van der Waals surface area contributed by atoms with Gasteiger partial charge < -0.3 is 9.47 Å². The largest absolute Gasteiger partial charge is 0.464 e. The van der Waals surface area contributed by atoms with Gasteiger partial charge in [-0.25, -0.2) is 4.79 Å². The Morgan fingerprint density at radius 3 is 2.55 bits per heavy atom. The summed E-state index contributed by atoms with van der Waals surface area (Å²) in [5, 5.41) is 0.772. The molecule has 1 unspecified atom stereocenters. The van der Waals surface area contributed by atoms with Crippen LogP contribution in [-0.2, 0) is 14.3 Å². The molecule has 0 aromatic heterocycles. The first-order valence-corrected chi connectivity index (χ1v) is 10.9. The maximum atomic E-state index is 11.3. The first-order valence-electron chi connectivity index (χ1n) is 10.5. The van der Waals surface area contributed by atoms with E-state index in [1.54, 1.807) is 6.92 Å². The molecule has 0 bridgehead atoms. The van der Waals surface area contributed by atoms with Crippen molar-refractivity contribution in [2.45, 2.75) is 25.8 Å². The Balaban J connectivity index is 1.53. The van der Waals surface area contributed by atoms with E-state index in [-0.39, 0.29) is 18.6 Å². The van der Waals surface area contributed by atoms with E-state index in [2.05, 4.69) is 40.2 Å². The molecule has 6 heteroatoms. The van der Waals surface area contributed by atoms with Gasteiger partial charge in [-0.2, -0.15) is 0 Å². The van der Waals surface area contributed by atoms with Crippen molar-refractivity contribution in [2.24, 2.45) is 0 Å². The van der Waals surface area contributed by atoms with Crippen molar-refractivity contribution in [2.75, 3.05) is 52.5 Å². The molecule has 1 aromatic carbocycles. The lowest BCUT2D eigenvalue weighted by Crippen LogP contribution is -2.48. The van der Waals surface area contributed by atoms with Gasteiger partial charge in [-0.15, -0.1) is 0 Å². The molecule has 1 fully saturated rings. The molecule has 2 aliphatic rings. The summed E-state index contributed by atoms with van der Waals surface area (Å²) in [6.07, 6.45) is 9.15. The van der Waals surface area contributed by atoms with Crippen LogP contribution in [0.4, 0.5) is 0 Å². The lowest BCUT2D eigenvalue weighted by molar-refractivity contribution is -0.148. The second kappa shape index (κ2) is 11.5. The van der Waals surface area contributed by atoms with Crippen LogP contribution in [0, 0.1) is 0 Å². The molecule has 0 N–H and O–H groups in total. The predicted molar refractivity (Wildman–Crippen MR) is 116 cm³/mol. The van der Waals surface area contributed by atoms with Crippen molar-refractivity contribution < 1.29 is 14.3 Å². The topological polar surface area (TPSA) is 42.0 Å². The Bertz CT molecular complexity index is 709. The molecule has 1 heterocycles. The number of carbonyl (C=O) groups is 1. The van der Waals surface area contributed by atoms with Crippen molar-refractivity contribution >= 4 is 17.6 Å². The summed E-state index contributed by atoms with van der Waals surface area (Å²) < 4.78 is 10.3. The number of hydrogen-bond acceptors (Lipinski definition) is 5. The third-order valence-electron chi connectivity index (χ3n) is 5.37. The lowest BCUT2D eigenvalue weighted by atomic mass is 9.92. The van der Waals surface area contributed by atoms with Gasteiger partial charge in [-0.1, -0.05) is 42.0 Å². The standard InChI is InChI=1S/C23H31ClN2O3/c1-2-29-22(27)18-28-17-16-25-12-14-26(15-13-25)23(19-6-4-3-5-7-19)20-8-10-21(24)11-9-20/h4,6-11,23H,2-3,5,12-18H2,1H3. The summed E-state index contributed by atoms with van der Waals surface area (Å²) in [5.41, 5.74) is 2.67. The molecule has 1 saturated heterocycles. The molecule has 1 aliphatic carbocycles. The number of nitrogens with zero attached hydrogens (tertiary/aromatic N) is 2. The van der Waals surface area contributed by atoms with Crippen LogP contribution in [0.3, 0.4) is 0 Å². The molecule has 5 nitrogen and oxygen atoms in total. The molecule has 1 aliphatic heterocycles. The second-order valence-electron chi connectivity index (χ2n) is 7.37. The Hall–Kier alpha value is -1.66. The highest BCUT2D eigenvalue weighted by molar-refractivity contribution is 6.30. The average molecular weight is 419 g/mol. The Kier molecular flexibility index (Phi) is 8.74. The fourth-order valence-corrected chi connectivity index (χ4v) is 4.02. The molecule has 0 saturated carbocycles. The van der Waals surface area contributed by atoms with Gasteiger partial charge >= 0.3 is 5.97 Å². The molecule has 3 rings (SSSR count). The third kappa shape index (κ3) is 6.68. The van der Waals surface area contributed by atoms with Gasteiger partial charge in [0.1, 0.15) is 6.61 Å². The van der Waals surface area contributed by atoms with Gasteiger partial charge in [0, 0.05) is 37.7 Å². The minimum atomic E-state index is -0.295. The zero-order valence-electron chi connectivity index (χ0n) is 17.2. The van der Waals surface area contributed by atoms with Crippen LogP contribution in [0.15, 0.2) is 48.1 Å². The van der Waals surface area contributed by atoms with Crippen LogP contribution < -0.4 is 0 Å². The minimum absolute atomic E-state index is 0.0347. The maximum Gasteiger partial charge on any atom is 0.332 e. The second-order valence-corrected chi connectivity index (χ2v) is 7.81. The summed E-state index contributed by atoms with van der Waals surface area (Å²) in [5.74, 6) is -0.295.